The molecule has 3 saturated heterocycles. The number of nitrogen functional groups attached to an aromatic ring is 1. The fourth-order valence-electron chi connectivity index (χ4n) is 8.61. The lowest BCUT2D eigenvalue weighted by Crippen LogP contribution is -2.68. The van der Waals surface area contributed by atoms with Gasteiger partial charge in [0.05, 0.1) is 16.3 Å². The molecule has 55 heavy (non-hydrogen) atoms. The van der Waals surface area contributed by atoms with E-state index in [1.807, 2.05) is 48.0 Å². The van der Waals surface area contributed by atoms with Gasteiger partial charge in [-0.25, -0.2) is 9.59 Å². The van der Waals surface area contributed by atoms with Crippen LogP contribution in [-0.4, -0.2) is 137 Å². The molecule has 0 saturated carbocycles. The number of likely N-dealkylation sites (tertiary alicyclic amines) is 2. The largest absolute Gasteiger partial charge is 0.480 e. The van der Waals surface area contributed by atoms with Gasteiger partial charge >= 0.3 is 24.3 Å². The highest BCUT2D eigenvalue weighted by Gasteiger charge is 2.49. The Morgan fingerprint density at radius 3 is 2.31 bits per heavy atom. The number of ether oxygens (including phenoxy) is 1. The van der Waals surface area contributed by atoms with Gasteiger partial charge in [-0.1, -0.05) is 36.7 Å². The molecule has 4 aliphatic rings. The Bertz CT molecular complexity index is 1770. The molecule has 0 bridgehead atoms. The van der Waals surface area contributed by atoms with Crippen LogP contribution in [-0.2, 0) is 33.3 Å². The number of alkyl halides is 3. The molecule has 17 heteroatoms. The average Bonchev–Trinajstić information content (AvgIpc) is 3.33. The first kappa shape index (κ1) is 40.4. The first-order chi connectivity index (χ1) is 26.1. The molecule has 0 aliphatic carbocycles. The molecule has 2 unspecified atom stereocenters. The van der Waals surface area contributed by atoms with E-state index in [1.54, 1.807) is 4.90 Å². The van der Waals surface area contributed by atoms with Crippen LogP contribution in [0.5, 0.6) is 0 Å². The summed E-state index contributed by atoms with van der Waals surface area (Å²) in [6, 6.07) is 9.23. The van der Waals surface area contributed by atoms with Gasteiger partial charge in [-0.15, -0.1) is 0 Å². The second-order valence-corrected chi connectivity index (χ2v) is 15.4. The Kier molecular flexibility index (Phi) is 12.1. The maximum atomic E-state index is 14.2. The second-order valence-electron chi connectivity index (χ2n) is 15.0. The molecule has 13 nitrogen and oxygen atoms in total. The van der Waals surface area contributed by atoms with Crippen LogP contribution < -0.4 is 11.1 Å². The number of nitrogens with one attached hydrogen (secondary N) is 1. The summed E-state index contributed by atoms with van der Waals surface area (Å²) >= 11 is 6.13. The number of anilines is 2. The number of carboxylic acid groups (broad SMARTS) is 1. The third-order valence-corrected chi connectivity index (χ3v) is 12.1. The lowest BCUT2D eigenvalue weighted by Gasteiger charge is -2.52. The normalized spacial score (nSPS) is 22.8. The van der Waals surface area contributed by atoms with Crippen molar-refractivity contribution < 1.29 is 42.2 Å². The number of rotatable bonds is 8. The zero-order valence-corrected chi connectivity index (χ0v) is 31.9. The smallest absolute Gasteiger partial charge is 0.418 e. The number of urea groups is 1. The molecular weight excluding hydrogens is 743 g/mol. The Morgan fingerprint density at radius 2 is 1.65 bits per heavy atom. The minimum atomic E-state index is -4.81. The Hall–Kier alpha value is -4.28. The number of para-hydroxylation sites is 1. The molecule has 4 heterocycles. The van der Waals surface area contributed by atoms with Crippen molar-refractivity contribution in [1.82, 2.24) is 24.5 Å². The SMILES string of the molecule is CCC1(C(=O)O)CN(C)CCN1C1CCN(C(=O)C(Cc2cc(Cl)c(N)c(C(F)(F)F)c2)OC(=O)N2CCC(N3CCc4ccccc4NC3=O)CC2)CC1. The predicted octanol–water partition coefficient (Wildman–Crippen LogP) is 5.02. The molecular formula is C38H49ClF3N7O6. The maximum absolute atomic E-state index is 14.2. The summed E-state index contributed by atoms with van der Waals surface area (Å²) in [7, 11) is 1.90. The van der Waals surface area contributed by atoms with Crippen LogP contribution in [0, 0.1) is 0 Å². The van der Waals surface area contributed by atoms with Crippen molar-refractivity contribution in [2.45, 2.75) is 81.8 Å². The average molecular weight is 792 g/mol. The summed E-state index contributed by atoms with van der Waals surface area (Å²) in [4.78, 5) is 62.4. The van der Waals surface area contributed by atoms with E-state index in [-0.39, 0.29) is 61.3 Å². The standard InChI is InChI=1S/C38H49ClF3N7O6/c1-3-37(34(51)52)23-45(2)18-19-49(37)27-11-13-46(14-12-27)33(50)31(22-24-20-28(38(40,41)42)32(43)29(39)21-24)55-36(54)47-15-9-26(10-16-47)48-17-8-25-6-4-5-7-30(25)44-35(48)53/h4-7,20-21,26-27,31H,3,8-19,22-23,43H2,1-2H3,(H,44,53)(H,51,52). The van der Waals surface area contributed by atoms with E-state index < -0.39 is 47.0 Å². The molecule has 300 valence electrons. The van der Waals surface area contributed by atoms with E-state index in [0.717, 1.165) is 17.3 Å². The second kappa shape index (κ2) is 16.4. The molecule has 2 aromatic rings. The number of carbonyl (C=O) groups is 4. The third-order valence-electron chi connectivity index (χ3n) is 11.7. The summed E-state index contributed by atoms with van der Waals surface area (Å²) in [5.41, 5.74) is 4.64. The van der Waals surface area contributed by atoms with Crippen LogP contribution in [0.15, 0.2) is 36.4 Å². The number of fused-ring (bicyclic) bond motifs is 1. The summed E-state index contributed by atoms with van der Waals surface area (Å²) in [6.07, 6.45) is -4.49. The number of benzene rings is 2. The topological polar surface area (TPSA) is 152 Å². The molecule has 3 fully saturated rings. The van der Waals surface area contributed by atoms with E-state index in [4.69, 9.17) is 22.1 Å². The van der Waals surface area contributed by atoms with Gasteiger partial charge in [0.2, 0.25) is 0 Å². The number of piperazine rings is 1. The molecule has 4 amide bonds. The first-order valence-electron chi connectivity index (χ1n) is 18.8. The van der Waals surface area contributed by atoms with Crippen molar-refractivity contribution in [1.29, 1.82) is 0 Å². The summed E-state index contributed by atoms with van der Waals surface area (Å²) in [6.45, 7) is 4.97. The lowest BCUT2D eigenvalue weighted by atomic mass is 9.86. The Labute approximate surface area is 323 Å². The van der Waals surface area contributed by atoms with E-state index in [2.05, 4.69) is 5.32 Å². The minimum absolute atomic E-state index is 0.0195. The quantitative estimate of drug-likeness (QED) is 0.314. The Morgan fingerprint density at radius 1 is 1.00 bits per heavy atom. The number of carbonyl (C=O) groups excluding carboxylic acids is 3. The molecule has 4 N–H and O–H groups in total. The van der Waals surface area contributed by atoms with E-state index in [1.165, 1.54) is 15.9 Å². The number of piperidine rings is 2. The van der Waals surface area contributed by atoms with Crippen molar-refractivity contribution in [3.05, 3.63) is 58.1 Å². The van der Waals surface area contributed by atoms with E-state index in [0.29, 0.717) is 64.7 Å². The van der Waals surface area contributed by atoms with Crippen LogP contribution in [0.1, 0.15) is 55.7 Å². The summed E-state index contributed by atoms with van der Waals surface area (Å²) in [5.74, 6) is -1.46. The fraction of sp³-hybridized carbons (Fsp3) is 0.579. The number of likely N-dealkylation sites (N-methyl/N-ethyl adjacent to an activating group) is 1. The van der Waals surface area contributed by atoms with Crippen molar-refractivity contribution in [2.75, 3.05) is 70.5 Å². The van der Waals surface area contributed by atoms with Gasteiger partial charge in [0.25, 0.3) is 5.91 Å². The van der Waals surface area contributed by atoms with E-state index >= 15 is 0 Å². The molecule has 6 rings (SSSR count). The third kappa shape index (κ3) is 8.60. The fourth-order valence-corrected chi connectivity index (χ4v) is 8.86. The number of amides is 4. The number of carboxylic acids is 1. The predicted molar refractivity (Wildman–Crippen MR) is 200 cm³/mol. The van der Waals surface area contributed by atoms with Crippen molar-refractivity contribution >= 4 is 47.0 Å². The number of hydrogen-bond donors (Lipinski definition) is 3. The molecule has 2 aromatic carbocycles. The zero-order chi connectivity index (χ0) is 39.7. The van der Waals surface area contributed by atoms with Crippen LogP contribution in [0.3, 0.4) is 0 Å². The van der Waals surface area contributed by atoms with Crippen LogP contribution >= 0.6 is 11.6 Å². The lowest BCUT2D eigenvalue weighted by molar-refractivity contribution is -0.162. The highest BCUT2D eigenvalue weighted by Crippen LogP contribution is 2.38. The van der Waals surface area contributed by atoms with Gasteiger partial charge < -0.3 is 40.5 Å². The summed E-state index contributed by atoms with van der Waals surface area (Å²) < 4.78 is 47.5. The van der Waals surface area contributed by atoms with Gasteiger partial charge in [0.1, 0.15) is 5.54 Å². The monoisotopic (exact) mass is 791 g/mol. The number of halogens is 4. The van der Waals surface area contributed by atoms with Gasteiger partial charge in [-0.05, 0) is 74.9 Å². The highest BCUT2D eigenvalue weighted by atomic mass is 35.5. The van der Waals surface area contributed by atoms with Crippen LogP contribution in [0.4, 0.5) is 34.1 Å². The van der Waals surface area contributed by atoms with Crippen molar-refractivity contribution in [2.24, 2.45) is 0 Å². The van der Waals surface area contributed by atoms with Gasteiger partial charge in [0, 0.05) is 76.5 Å². The van der Waals surface area contributed by atoms with Gasteiger partial charge in [-0.2, -0.15) is 13.2 Å². The van der Waals surface area contributed by atoms with E-state index in [9.17, 15) is 37.5 Å². The molecule has 4 aliphatic heterocycles. The molecule has 2 atom stereocenters. The maximum Gasteiger partial charge on any atom is 0.418 e. The van der Waals surface area contributed by atoms with Crippen LogP contribution in [0.25, 0.3) is 0 Å². The van der Waals surface area contributed by atoms with Gasteiger partial charge in [-0.3, -0.25) is 14.5 Å². The highest BCUT2D eigenvalue weighted by molar-refractivity contribution is 6.33. The van der Waals surface area contributed by atoms with Crippen molar-refractivity contribution in [3.8, 4) is 0 Å². The number of nitrogens with two attached hydrogens (primary N) is 1. The molecule has 0 aromatic heterocycles. The zero-order valence-electron chi connectivity index (χ0n) is 31.1. The minimum Gasteiger partial charge on any atom is -0.480 e. The Balaban J connectivity index is 1.15. The summed E-state index contributed by atoms with van der Waals surface area (Å²) in [5, 5.41) is 12.9. The van der Waals surface area contributed by atoms with Crippen molar-refractivity contribution in [3.63, 3.8) is 0 Å². The molecule has 0 radical (unpaired) electrons. The number of hydrogen-bond acceptors (Lipinski definition) is 8. The van der Waals surface area contributed by atoms with Crippen LogP contribution in [0.2, 0.25) is 5.02 Å². The first-order valence-corrected chi connectivity index (χ1v) is 19.2. The van der Waals surface area contributed by atoms with Gasteiger partial charge in [0.15, 0.2) is 6.10 Å². The molecule has 0 spiro atoms. The number of nitrogens with zero attached hydrogens (tertiary/aromatic N) is 5. The number of aliphatic carboxylic acids is 1.